The van der Waals surface area contributed by atoms with Gasteiger partial charge in [0.25, 0.3) is 11.7 Å². The molecule has 1 aromatic heterocycles. The first-order chi connectivity index (χ1) is 17.3. The van der Waals surface area contributed by atoms with Gasteiger partial charge in [0, 0.05) is 23.5 Å². The number of aryl methyl sites for hydroxylation is 1. The van der Waals surface area contributed by atoms with Crippen molar-refractivity contribution in [1.82, 2.24) is 4.98 Å². The minimum absolute atomic E-state index is 0.0151. The first kappa shape index (κ1) is 25.9. The summed E-state index contributed by atoms with van der Waals surface area (Å²) in [4.78, 5) is 32.0. The second-order valence-electron chi connectivity index (χ2n) is 9.75. The van der Waals surface area contributed by atoms with Crippen LogP contribution in [0.2, 0.25) is 0 Å². The summed E-state index contributed by atoms with van der Waals surface area (Å²) in [7, 11) is 0. The molecule has 0 spiro atoms. The van der Waals surface area contributed by atoms with Crippen LogP contribution in [0.15, 0.2) is 72.4 Å². The topological polar surface area (TPSA) is 79.7 Å². The summed E-state index contributed by atoms with van der Waals surface area (Å²) in [5.41, 5.74) is 1.74. The molecule has 1 aliphatic rings. The van der Waals surface area contributed by atoms with Crippen LogP contribution in [0.5, 0.6) is 5.75 Å². The quantitative estimate of drug-likeness (QED) is 0.256. The van der Waals surface area contributed by atoms with E-state index < -0.39 is 29.8 Å². The Morgan fingerprint density at radius 1 is 1.00 bits per heavy atom. The van der Waals surface area contributed by atoms with E-state index in [-0.39, 0.29) is 28.1 Å². The Morgan fingerprint density at radius 3 is 2.35 bits per heavy atom. The molecule has 0 aliphatic carbocycles. The molecule has 0 bridgehead atoms. The lowest BCUT2D eigenvalue weighted by molar-refractivity contribution is -0.274. The van der Waals surface area contributed by atoms with E-state index in [9.17, 15) is 27.9 Å². The summed E-state index contributed by atoms with van der Waals surface area (Å²) in [6, 6.07) is 14.0. The smallest absolute Gasteiger partial charge is 0.507 e. The highest BCUT2D eigenvalue weighted by molar-refractivity contribution is 6.51. The van der Waals surface area contributed by atoms with Gasteiger partial charge in [-0.05, 0) is 53.8 Å². The SMILES string of the molecule is Cc1ccc(C(C)(C)C)cc1/C(O)=C1\C(=O)C(=O)N(c2cccc(OC(F)(F)F)c2)C1c1ccccn1. The third-order valence-electron chi connectivity index (χ3n) is 6.10. The number of aliphatic hydroxyl groups is 1. The zero-order valence-electron chi connectivity index (χ0n) is 20.6. The van der Waals surface area contributed by atoms with Crippen LogP contribution in [0.3, 0.4) is 0 Å². The van der Waals surface area contributed by atoms with E-state index in [0.29, 0.717) is 11.1 Å². The number of hydrogen-bond acceptors (Lipinski definition) is 5. The Balaban J connectivity index is 1.93. The standard InChI is InChI=1S/C28H25F3N2O4/c1-16-11-12-17(27(2,3)4)14-20(16)24(34)22-23(21-10-5-6-13-32-21)33(26(36)25(22)35)18-8-7-9-19(15-18)37-28(29,30)31/h5-15,23,34H,1-4H3/b24-22+. The Morgan fingerprint density at radius 2 is 1.73 bits per heavy atom. The molecular formula is C28H25F3N2O4. The van der Waals surface area contributed by atoms with Crippen molar-refractivity contribution in [3.63, 3.8) is 0 Å². The molecule has 0 radical (unpaired) electrons. The number of carbonyl (C=O) groups is 2. The fraction of sp³-hybridized carbons (Fsp3) is 0.250. The number of aromatic nitrogens is 1. The molecule has 9 heteroatoms. The maximum absolute atomic E-state index is 13.3. The number of aliphatic hydroxyl groups excluding tert-OH is 1. The first-order valence-corrected chi connectivity index (χ1v) is 11.5. The van der Waals surface area contributed by atoms with Gasteiger partial charge in [-0.15, -0.1) is 13.2 Å². The number of ketones is 1. The van der Waals surface area contributed by atoms with Crippen molar-refractivity contribution in [3.8, 4) is 5.75 Å². The van der Waals surface area contributed by atoms with Crippen molar-refractivity contribution in [2.24, 2.45) is 0 Å². The van der Waals surface area contributed by atoms with Gasteiger partial charge in [0.05, 0.1) is 11.3 Å². The van der Waals surface area contributed by atoms with Gasteiger partial charge < -0.3 is 9.84 Å². The lowest BCUT2D eigenvalue weighted by Crippen LogP contribution is -2.30. The predicted molar refractivity (Wildman–Crippen MR) is 132 cm³/mol. The van der Waals surface area contributed by atoms with Gasteiger partial charge in [-0.25, -0.2) is 0 Å². The van der Waals surface area contributed by atoms with Crippen LogP contribution >= 0.6 is 0 Å². The average molecular weight is 511 g/mol. The molecule has 1 N–H and O–H groups in total. The predicted octanol–water partition coefficient (Wildman–Crippen LogP) is 6.21. The molecule has 1 atom stereocenters. The van der Waals surface area contributed by atoms with Crippen LogP contribution in [0, 0.1) is 6.92 Å². The van der Waals surface area contributed by atoms with Crippen molar-refractivity contribution >= 4 is 23.1 Å². The van der Waals surface area contributed by atoms with E-state index in [1.54, 1.807) is 31.2 Å². The van der Waals surface area contributed by atoms with E-state index in [1.165, 1.54) is 18.3 Å². The number of anilines is 1. The summed E-state index contributed by atoms with van der Waals surface area (Å²) in [5, 5.41) is 11.5. The lowest BCUT2D eigenvalue weighted by atomic mass is 9.84. The monoisotopic (exact) mass is 510 g/mol. The van der Waals surface area contributed by atoms with Crippen LogP contribution in [0.4, 0.5) is 18.9 Å². The second kappa shape index (κ2) is 9.38. The van der Waals surface area contributed by atoms with Crippen molar-refractivity contribution < 1.29 is 32.6 Å². The highest BCUT2D eigenvalue weighted by atomic mass is 19.4. The minimum Gasteiger partial charge on any atom is -0.507 e. The van der Waals surface area contributed by atoms with Gasteiger partial charge in [-0.3, -0.25) is 19.5 Å². The Bertz CT molecular complexity index is 1390. The second-order valence-corrected chi connectivity index (χ2v) is 9.75. The van der Waals surface area contributed by atoms with E-state index >= 15 is 0 Å². The molecule has 2 aromatic carbocycles. The summed E-state index contributed by atoms with van der Waals surface area (Å²) in [6.07, 6.45) is -3.48. The molecule has 192 valence electrons. The number of halogens is 3. The van der Waals surface area contributed by atoms with E-state index in [4.69, 9.17) is 0 Å². The van der Waals surface area contributed by atoms with Crippen LogP contribution in [0.25, 0.3) is 5.76 Å². The number of alkyl halides is 3. The van der Waals surface area contributed by atoms with E-state index in [1.807, 2.05) is 32.9 Å². The van der Waals surface area contributed by atoms with Crippen molar-refractivity contribution in [1.29, 1.82) is 0 Å². The highest BCUT2D eigenvalue weighted by Gasteiger charge is 2.48. The summed E-state index contributed by atoms with van der Waals surface area (Å²) >= 11 is 0. The van der Waals surface area contributed by atoms with Crippen molar-refractivity contribution in [2.75, 3.05) is 4.90 Å². The Kier molecular flexibility index (Phi) is 6.58. The van der Waals surface area contributed by atoms with Crippen LogP contribution in [-0.4, -0.2) is 28.1 Å². The number of hydrogen-bond donors (Lipinski definition) is 1. The number of carbonyl (C=O) groups excluding carboxylic acids is 2. The molecule has 2 heterocycles. The zero-order chi connectivity index (χ0) is 27.1. The minimum atomic E-state index is -4.94. The van der Waals surface area contributed by atoms with Crippen LogP contribution < -0.4 is 9.64 Å². The molecule has 1 amide bonds. The van der Waals surface area contributed by atoms with Gasteiger partial charge in [0.15, 0.2) is 0 Å². The summed E-state index contributed by atoms with van der Waals surface area (Å²) in [5.74, 6) is -2.93. The number of nitrogens with zero attached hydrogens (tertiary/aromatic N) is 2. The Labute approximate surface area is 212 Å². The highest BCUT2D eigenvalue weighted by Crippen LogP contribution is 2.43. The largest absolute Gasteiger partial charge is 0.573 e. The van der Waals surface area contributed by atoms with Crippen molar-refractivity contribution in [3.05, 3.63) is 94.8 Å². The number of rotatable bonds is 4. The summed E-state index contributed by atoms with van der Waals surface area (Å²) in [6.45, 7) is 7.78. The van der Waals surface area contributed by atoms with Crippen molar-refractivity contribution in [2.45, 2.75) is 45.5 Å². The first-order valence-electron chi connectivity index (χ1n) is 11.5. The number of Topliss-reactive ketones (excluding diaryl/α,β-unsaturated/α-hetero) is 1. The summed E-state index contributed by atoms with van der Waals surface area (Å²) < 4.78 is 42.5. The number of pyridine rings is 1. The van der Waals surface area contributed by atoms with E-state index in [2.05, 4.69) is 9.72 Å². The molecular weight excluding hydrogens is 485 g/mol. The molecule has 37 heavy (non-hydrogen) atoms. The molecule has 4 rings (SSSR count). The number of ether oxygens (including phenoxy) is 1. The molecule has 1 fully saturated rings. The number of benzene rings is 2. The fourth-order valence-corrected chi connectivity index (χ4v) is 4.24. The average Bonchev–Trinajstić information content (AvgIpc) is 3.08. The van der Waals surface area contributed by atoms with Crippen LogP contribution in [0.1, 0.15) is 49.2 Å². The van der Waals surface area contributed by atoms with E-state index in [0.717, 1.165) is 22.6 Å². The van der Waals surface area contributed by atoms with Gasteiger partial charge in [0.1, 0.15) is 17.6 Å². The molecule has 0 saturated carbocycles. The fourth-order valence-electron chi connectivity index (χ4n) is 4.24. The number of amides is 1. The third-order valence-corrected chi connectivity index (χ3v) is 6.10. The third kappa shape index (κ3) is 5.21. The van der Waals surface area contributed by atoms with Crippen LogP contribution in [-0.2, 0) is 15.0 Å². The normalized spacial score (nSPS) is 17.8. The van der Waals surface area contributed by atoms with Gasteiger partial charge in [0.2, 0.25) is 0 Å². The molecule has 6 nitrogen and oxygen atoms in total. The maximum atomic E-state index is 13.3. The molecule has 1 unspecified atom stereocenters. The maximum Gasteiger partial charge on any atom is 0.573 e. The molecule has 1 saturated heterocycles. The van der Waals surface area contributed by atoms with Gasteiger partial charge in [-0.1, -0.05) is 45.0 Å². The Hall–Kier alpha value is -4.14. The zero-order valence-corrected chi connectivity index (χ0v) is 20.6. The molecule has 1 aliphatic heterocycles. The van der Waals surface area contributed by atoms with Gasteiger partial charge >= 0.3 is 6.36 Å². The van der Waals surface area contributed by atoms with Gasteiger partial charge in [-0.2, -0.15) is 0 Å². The molecule has 3 aromatic rings. The lowest BCUT2D eigenvalue weighted by Gasteiger charge is -2.25.